The van der Waals surface area contributed by atoms with Gasteiger partial charge in [-0.15, -0.1) is 24.0 Å². The standard InChI is InChI=1S/C13H24N4O2.HI/c1-3-19-13(18)17-6-4-10(5-7-17)15-12(14)16-11-8-9(11)2;/h9-11H,3-8H2,1-2H3,(H3,14,15,16);1H. The van der Waals surface area contributed by atoms with E-state index in [-0.39, 0.29) is 30.1 Å². The van der Waals surface area contributed by atoms with Gasteiger partial charge in [0.2, 0.25) is 0 Å². The van der Waals surface area contributed by atoms with Gasteiger partial charge in [0.1, 0.15) is 0 Å². The summed E-state index contributed by atoms with van der Waals surface area (Å²) in [5.74, 6) is 1.22. The molecule has 0 aromatic rings. The fraction of sp³-hybridized carbons (Fsp3) is 0.846. The number of halogens is 1. The molecule has 2 fully saturated rings. The quantitative estimate of drug-likeness (QED) is 0.431. The lowest BCUT2D eigenvalue weighted by Gasteiger charge is -2.31. The Morgan fingerprint density at radius 1 is 1.45 bits per heavy atom. The first-order chi connectivity index (χ1) is 9.10. The Morgan fingerprint density at radius 3 is 2.55 bits per heavy atom. The molecule has 2 rings (SSSR count). The van der Waals surface area contributed by atoms with Crippen LogP contribution in [0.1, 0.15) is 33.1 Å². The molecule has 1 aliphatic carbocycles. The second-order valence-corrected chi connectivity index (χ2v) is 5.40. The van der Waals surface area contributed by atoms with Crippen LogP contribution in [0.5, 0.6) is 0 Å². The van der Waals surface area contributed by atoms with Crippen molar-refractivity contribution in [2.24, 2.45) is 16.6 Å². The van der Waals surface area contributed by atoms with Gasteiger partial charge in [0, 0.05) is 19.1 Å². The van der Waals surface area contributed by atoms with Crippen LogP contribution in [0.4, 0.5) is 4.79 Å². The third-order valence-corrected chi connectivity index (χ3v) is 3.74. The van der Waals surface area contributed by atoms with Gasteiger partial charge < -0.3 is 20.7 Å². The lowest BCUT2D eigenvalue weighted by atomic mass is 10.1. The number of amides is 1. The molecule has 1 saturated heterocycles. The number of rotatable bonds is 3. The van der Waals surface area contributed by atoms with Crippen LogP contribution in [0.3, 0.4) is 0 Å². The van der Waals surface area contributed by atoms with E-state index < -0.39 is 0 Å². The minimum atomic E-state index is -0.214. The minimum Gasteiger partial charge on any atom is -0.450 e. The van der Waals surface area contributed by atoms with Gasteiger partial charge >= 0.3 is 6.09 Å². The Bertz CT molecular complexity index is 356. The van der Waals surface area contributed by atoms with E-state index in [0.29, 0.717) is 43.7 Å². The first-order valence-corrected chi connectivity index (χ1v) is 7.11. The Hall–Kier alpha value is -0.730. The van der Waals surface area contributed by atoms with Crippen LogP contribution in [0, 0.1) is 5.92 Å². The van der Waals surface area contributed by atoms with Crippen LogP contribution >= 0.6 is 24.0 Å². The monoisotopic (exact) mass is 396 g/mol. The van der Waals surface area contributed by atoms with Crippen LogP contribution in [0.25, 0.3) is 0 Å². The van der Waals surface area contributed by atoms with Crippen molar-refractivity contribution in [2.75, 3.05) is 19.7 Å². The van der Waals surface area contributed by atoms with Crippen molar-refractivity contribution in [3.05, 3.63) is 0 Å². The summed E-state index contributed by atoms with van der Waals surface area (Å²) >= 11 is 0. The van der Waals surface area contributed by atoms with Gasteiger partial charge in [0.25, 0.3) is 0 Å². The number of guanidine groups is 1. The Morgan fingerprint density at radius 2 is 2.05 bits per heavy atom. The predicted octanol–water partition coefficient (Wildman–Crippen LogP) is 1.54. The van der Waals surface area contributed by atoms with E-state index in [1.165, 1.54) is 0 Å². The maximum atomic E-state index is 11.6. The van der Waals surface area contributed by atoms with Crippen LogP contribution in [0.2, 0.25) is 0 Å². The number of hydrogen-bond donors (Lipinski definition) is 2. The van der Waals surface area contributed by atoms with Gasteiger partial charge in [-0.25, -0.2) is 9.79 Å². The molecule has 2 atom stereocenters. The molecule has 0 radical (unpaired) electrons. The molecule has 0 aromatic carbocycles. The Labute approximate surface area is 137 Å². The number of hydrogen-bond acceptors (Lipinski definition) is 3. The topological polar surface area (TPSA) is 80.0 Å². The summed E-state index contributed by atoms with van der Waals surface area (Å²) in [5.41, 5.74) is 5.88. The molecular formula is C13H25IN4O2. The van der Waals surface area contributed by atoms with Crippen molar-refractivity contribution in [2.45, 2.75) is 45.2 Å². The van der Waals surface area contributed by atoms with Gasteiger partial charge in [-0.3, -0.25) is 0 Å². The number of nitrogens with zero attached hydrogens (tertiary/aromatic N) is 2. The van der Waals surface area contributed by atoms with E-state index in [0.717, 1.165) is 19.3 Å². The van der Waals surface area contributed by atoms with Crippen LogP contribution in [-0.2, 0) is 4.74 Å². The largest absolute Gasteiger partial charge is 0.450 e. The second kappa shape index (κ2) is 7.90. The van der Waals surface area contributed by atoms with Gasteiger partial charge in [-0.2, -0.15) is 0 Å². The second-order valence-electron chi connectivity index (χ2n) is 5.40. The molecule has 7 heteroatoms. The molecule has 2 aliphatic rings. The molecular weight excluding hydrogens is 371 g/mol. The third-order valence-electron chi connectivity index (χ3n) is 3.74. The van der Waals surface area contributed by atoms with E-state index in [9.17, 15) is 4.79 Å². The lowest BCUT2D eigenvalue weighted by Crippen LogP contribution is -2.48. The molecule has 0 spiro atoms. The Kier molecular flexibility index (Phi) is 6.84. The molecule has 20 heavy (non-hydrogen) atoms. The molecule has 3 N–H and O–H groups in total. The van der Waals surface area contributed by atoms with E-state index in [2.05, 4.69) is 17.2 Å². The SMILES string of the molecule is CCOC(=O)N1CCC(NC(N)=NC2CC2C)CC1.I. The number of carbonyl (C=O) groups is 1. The van der Waals surface area contributed by atoms with E-state index in [4.69, 9.17) is 10.5 Å². The number of nitrogens with one attached hydrogen (secondary N) is 1. The number of likely N-dealkylation sites (tertiary alicyclic amines) is 1. The summed E-state index contributed by atoms with van der Waals surface area (Å²) in [7, 11) is 0. The number of ether oxygens (including phenoxy) is 1. The van der Waals surface area contributed by atoms with Gasteiger partial charge in [0.15, 0.2) is 5.96 Å². The van der Waals surface area contributed by atoms with Crippen LogP contribution in [-0.4, -0.2) is 48.7 Å². The zero-order valence-corrected chi connectivity index (χ0v) is 14.5. The fourth-order valence-corrected chi connectivity index (χ4v) is 2.33. The molecule has 2 unspecified atom stereocenters. The summed E-state index contributed by atoms with van der Waals surface area (Å²) in [4.78, 5) is 17.7. The maximum Gasteiger partial charge on any atom is 0.409 e. The van der Waals surface area contributed by atoms with Crippen molar-refractivity contribution in [3.63, 3.8) is 0 Å². The first-order valence-electron chi connectivity index (χ1n) is 7.11. The van der Waals surface area contributed by atoms with Crippen molar-refractivity contribution >= 4 is 36.0 Å². The van der Waals surface area contributed by atoms with Gasteiger partial charge in [-0.1, -0.05) is 6.92 Å². The highest BCUT2D eigenvalue weighted by atomic mass is 127. The van der Waals surface area contributed by atoms with Crippen LogP contribution < -0.4 is 11.1 Å². The van der Waals surface area contributed by atoms with Crippen molar-refractivity contribution in [1.29, 1.82) is 0 Å². The normalized spacial score (nSPS) is 26.7. The number of nitrogens with two attached hydrogens (primary N) is 1. The smallest absolute Gasteiger partial charge is 0.409 e. The molecule has 1 amide bonds. The lowest BCUT2D eigenvalue weighted by molar-refractivity contribution is 0.0963. The average Bonchev–Trinajstić information content (AvgIpc) is 3.05. The molecule has 0 aromatic heterocycles. The van der Waals surface area contributed by atoms with Gasteiger partial charge in [-0.05, 0) is 32.1 Å². The predicted molar refractivity (Wildman–Crippen MR) is 89.4 cm³/mol. The zero-order chi connectivity index (χ0) is 13.8. The van der Waals surface area contributed by atoms with Crippen molar-refractivity contribution in [3.8, 4) is 0 Å². The summed E-state index contributed by atoms with van der Waals surface area (Å²) < 4.78 is 4.99. The number of carbonyl (C=O) groups excluding carboxylic acids is 1. The first kappa shape index (κ1) is 17.3. The molecule has 1 heterocycles. The summed E-state index contributed by atoms with van der Waals surface area (Å²) in [6.45, 7) is 5.85. The highest BCUT2D eigenvalue weighted by Gasteiger charge is 2.32. The fourth-order valence-electron chi connectivity index (χ4n) is 2.33. The Balaban J connectivity index is 0.00000200. The zero-order valence-electron chi connectivity index (χ0n) is 12.2. The number of aliphatic imine (C=N–C) groups is 1. The molecule has 0 bridgehead atoms. The van der Waals surface area contributed by atoms with Crippen molar-refractivity contribution in [1.82, 2.24) is 10.2 Å². The van der Waals surface area contributed by atoms with E-state index in [1.807, 2.05) is 6.92 Å². The molecule has 116 valence electrons. The molecule has 6 nitrogen and oxygen atoms in total. The molecule has 1 saturated carbocycles. The summed E-state index contributed by atoms with van der Waals surface area (Å²) in [6.07, 6.45) is 2.70. The summed E-state index contributed by atoms with van der Waals surface area (Å²) in [6, 6.07) is 0.718. The summed E-state index contributed by atoms with van der Waals surface area (Å²) in [5, 5.41) is 3.25. The third kappa shape index (κ3) is 4.99. The van der Waals surface area contributed by atoms with E-state index >= 15 is 0 Å². The average molecular weight is 396 g/mol. The molecule has 1 aliphatic heterocycles. The van der Waals surface area contributed by atoms with Crippen LogP contribution in [0.15, 0.2) is 4.99 Å². The van der Waals surface area contributed by atoms with E-state index in [1.54, 1.807) is 4.90 Å². The van der Waals surface area contributed by atoms with Gasteiger partial charge in [0.05, 0.1) is 12.6 Å². The highest BCUT2D eigenvalue weighted by molar-refractivity contribution is 14.0. The highest BCUT2D eigenvalue weighted by Crippen LogP contribution is 2.32. The number of piperidine rings is 1. The maximum absolute atomic E-state index is 11.6. The minimum absolute atomic E-state index is 0. The van der Waals surface area contributed by atoms with Crippen molar-refractivity contribution < 1.29 is 9.53 Å².